The first-order valence-electron chi connectivity index (χ1n) is 6.94. The summed E-state index contributed by atoms with van der Waals surface area (Å²) >= 11 is 0. The van der Waals surface area contributed by atoms with Gasteiger partial charge in [-0.05, 0) is 18.1 Å². The van der Waals surface area contributed by atoms with Crippen LogP contribution in [0.25, 0.3) is 0 Å². The van der Waals surface area contributed by atoms with E-state index in [0.29, 0.717) is 5.56 Å². The third kappa shape index (κ3) is 4.23. The van der Waals surface area contributed by atoms with E-state index < -0.39 is 16.8 Å². The predicted octanol–water partition coefficient (Wildman–Crippen LogP) is 3.01. The highest BCUT2D eigenvalue weighted by molar-refractivity contribution is 6.03. The Labute approximate surface area is 132 Å². The predicted molar refractivity (Wildman–Crippen MR) is 82.8 cm³/mol. The summed E-state index contributed by atoms with van der Waals surface area (Å²) in [7, 11) is 0. The number of non-ortho nitro benzene ring substituents is 1. The van der Waals surface area contributed by atoms with Crippen LogP contribution in [-0.4, -0.2) is 16.7 Å². The van der Waals surface area contributed by atoms with Crippen LogP contribution in [0, 0.1) is 10.1 Å². The Hall–Kier alpha value is -3.02. The minimum atomic E-state index is -1.08. The fraction of sp³-hybridized carbons (Fsp3) is 0.176. The fourth-order valence-corrected chi connectivity index (χ4v) is 2.14. The minimum absolute atomic E-state index is 0.0659. The Kier molecular flexibility index (Phi) is 5.19. The molecule has 1 unspecified atom stereocenters. The molecule has 1 atom stereocenters. The number of carbonyl (C=O) groups excluding carboxylic acids is 2. The van der Waals surface area contributed by atoms with Crippen LogP contribution in [0.15, 0.2) is 54.6 Å². The number of ketones is 1. The van der Waals surface area contributed by atoms with Crippen molar-refractivity contribution < 1.29 is 19.2 Å². The second kappa shape index (κ2) is 7.31. The molecule has 0 aliphatic heterocycles. The van der Waals surface area contributed by atoms with Gasteiger partial charge in [-0.15, -0.1) is 0 Å². The lowest BCUT2D eigenvalue weighted by atomic mass is 9.95. The number of hydrogen-bond acceptors (Lipinski definition) is 5. The molecular weight excluding hydrogens is 298 g/mol. The molecule has 0 amide bonds. The van der Waals surface area contributed by atoms with Gasteiger partial charge in [0.25, 0.3) is 5.69 Å². The Morgan fingerprint density at radius 3 is 2.22 bits per heavy atom. The van der Waals surface area contributed by atoms with Crippen molar-refractivity contribution in [3.05, 3.63) is 75.8 Å². The average Bonchev–Trinajstić information content (AvgIpc) is 2.54. The first-order valence-corrected chi connectivity index (χ1v) is 6.94. The third-order valence-electron chi connectivity index (χ3n) is 3.30. The zero-order chi connectivity index (χ0) is 16.8. The van der Waals surface area contributed by atoms with E-state index in [1.165, 1.54) is 31.2 Å². The topological polar surface area (TPSA) is 86.5 Å². The zero-order valence-electron chi connectivity index (χ0n) is 12.5. The number of esters is 1. The Morgan fingerprint density at radius 2 is 1.70 bits per heavy atom. The van der Waals surface area contributed by atoms with Gasteiger partial charge in [-0.3, -0.25) is 19.7 Å². The lowest BCUT2D eigenvalue weighted by Crippen LogP contribution is -2.22. The molecule has 0 aromatic heterocycles. The van der Waals surface area contributed by atoms with E-state index >= 15 is 0 Å². The van der Waals surface area contributed by atoms with Gasteiger partial charge >= 0.3 is 5.97 Å². The maximum absolute atomic E-state index is 12.2. The van der Waals surface area contributed by atoms with Gasteiger partial charge in [0.15, 0.2) is 0 Å². The summed E-state index contributed by atoms with van der Waals surface area (Å²) in [4.78, 5) is 34.1. The number of ether oxygens (including phenoxy) is 1. The Bertz CT molecular complexity index is 710. The van der Waals surface area contributed by atoms with Gasteiger partial charge in [-0.1, -0.05) is 42.5 Å². The maximum Gasteiger partial charge on any atom is 0.321 e. The van der Waals surface area contributed by atoms with Crippen LogP contribution in [0.3, 0.4) is 0 Å². The molecule has 0 aliphatic carbocycles. The molecule has 0 radical (unpaired) electrons. The van der Waals surface area contributed by atoms with Crippen LogP contribution < -0.4 is 0 Å². The molecule has 6 nitrogen and oxygen atoms in total. The average molecular weight is 313 g/mol. The van der Waals surface area contributed by atoms with Crippen LogP contribution in [0.1, 0.15) is 24.0 Å². The molecule has 2 aromatic rings. The molecule has 0 N–H and O–H groups in total. The van der Waals surface area contributed by atoms with Crippen molar-refractivity contribution in [1.29, 1.82) is 0 Å². The van der Waals surface area contributed by atoms with Crippen molar-refractivity contribution >= 4 is 17.4 Å². The molecule has 0 spiro atoms. The summed E-state index contributed by atoms with van der Waals surface area (Å²) in [5, 5.41) is 10.7. The number of benzene rings is 2. The number of hydrogen-bond donors (Lipinski definition) is 0. The number of nitrogens with zero attached hydrogens (tertiary/aromatic N) is 1. The lowest BCUT2D eigenvalue weighted by Gasteiger charge is -2.13. The van der Waals surface area contributed by atoms with E-state index in [2.05, 4.69) is 0 Å². The normalized spacial score (nSPS) is 11.5. The van der Waals surface area contributed by atoms with Gasteiger partial charge in [-0.25, -0.2) is 0 Å². The zero-order valence-corrected chi connectivity index (χ0v) is 12.5. The largest absolute Gasteiger partial charge is 0.460 e. The quantitative estimate of drug-likeness (QED) is 0.354. The number of Topliss-reactive ketones (excluding diaryl/α,β-unsaturated/α-hetero) is 1. The molecule has 0 saturated carbocycles. The van der Waals surface area contributed by atoms with Crippen molar-refractivity contribution in [3.8, 4) is 0 Å². The second-order valence-electron chi connectivity index (χ2n) is 4.99. The van der Waals surface area contributed by atoms with Crippen LogP contribution in [0.4, 0.5) is 5.69 Å². The van der Waals surface area contributed by atoms with Gasteiger partial charge in [0.2, 0.25) is 0 Å². The van der Waals surface area contributed by atoms with E-state index in [0.717, 1.165) is 5.56 Å². The number of nitro groups is 1. The van der Waals surface area contributed by atoms with Crippen LogP contribution in [0.5, 0.6) is 0 Å². The first kappa shape index (κ1) is 16.4. The van der Waals surface area contributed by atoms with Crippen molar-refractivity contribution in [2.75, 3.05) is 0 Å². The number of nitro benzene ring substituents is 1. The highest BCUT2D eigenvalue weighted by atomic mass is 16.6. The van der Waals surface area contributed by atoms with Crippen molar-refractivity contribution in [1.82, 2.24) is 0 Å². The first-order chi connectivity index (χ1) is 11.0. The maximum atomic E-state index is 12.2. The van der Waals surface area contributed by atoms with E-state index in [9.17, 15) is 19.7 Å². The number of carbonyl (C=O) groups is 2. The molecule has 6 heteroatoms. The summed E-state index contributed by atoms with van der Waals surface area (Å²) in [6.45, 7) is 1.35. The van der Waals surface area contributed by atoms with Crippen molar-refractivity contribution in [2.24, 2.45) is 0 Å². The SMILES string of the molecule is CC(=O)C(C(=O)OCc1ccccc1)c1ccc([N+](=O)[O-])cc1. The monoisotopic (exact) mass is 313 g/mol. The van der Waals surface area contributed by atoms with Gasteiger partial charge in [-0.2, -0.15) is 0 Å². The fourth-order valence-electron chi connectivity index (χ4n) is 2.14. The lowest BCUT2D eigenvalue weighted by molar-refractivity contribution is -0.384. The molecule has 0 fully saturated rings. The Balaban J connectivity index is 2.12. The van der Waals surface area contributed by atoms with Crippen molar-refractivity contribution in [3.63, 3.8) is 0 Å². The van der Waals surface area contributed by atoms with E-state index in [1.54, 1.807) is 0 Å². The molecule has 0 heterocycles. The minimum Gasteiger partial charge on any atom is -0.460 e. The molecule has 0 saturated heterocycles. The smallest absolute Gasteiger partial charge is 0.321 e. The second-order valence-corrected chi connectivity index (χ2v) is 4.99. The van der Waals surface area contributed by atoms with E-state index in [-0.39, 0.29) is 18.1 Å². The summed E-state index contributed by atoms with van der Waals surface area (Å²) in [5.74, 6) is -2.13. The van der Waals surface area contributed by atoms with Gasteiger partial charge in [0.05, 0.1) is 4.92 Å². The van der Waals surface area contributed by atoms with E-state index in [4.69, 9.17) is 4.74 Å². The van der Waals surface area contributed by atoms with Gasteiger partial charge in [0, 0.05) is 12.1 Å². The molecule has 118 valence electrons. The standard InChI is InChI=1S/C17H15NO5/c1-12(19)16(14-7-9-15(10-8-14)18(21)22)17(20)23-11-13-5-3-2-4-6-13/h2-10,16H,11H2,1H3. The highest BCUT2D eigenvalue weighted by Gasteiger charge is 2.27. The molecule has 23 heavy (non-hydrogen) atoms. The molecule has 0 aliphatic rings. The Morgan fingerprint density at radius 1 is 1.09 bits per heavy atom. The summed E-state index contributed by atoms with van der Waals surface area (Å²) in [5.41, 5.74) is 1.08. The van der Waals surface area contributed by atoms with Gasteiger partial charge < -0.3 is 4.74 Å². The van der Waals surface area contributed by atoms with Crippen molar-refractivity contribution in [2.45, 2.75) is 19.4 Å². The number of rotatable bonds is 6. The van der Waals surface area contributed by atoms with Crippen LogP contribution >= 0.6 is 0 Å². The van der Waals surface area contributed by atoms with Crippen LogP contribution in [0.2, 0.25) is 0 Å². The highest BCUT2D eigenvalue weighted by Crippen LogP contribution is 2.22. The third-order valence-corrected chi connectivity index (χ3v) is 3.30. The van der Waals surface area contributed by atoms with Gasteiger partial charge in [0.1, 0.15) is 18.3 Å². The summed E-state index contributed by atoms with van der Waals surface area (Å²) in [6.07, 6.45) is 0. The van der Waals surface area contributed by atoms with Crippen LogP contribution in [-0.2, 0) is 20.9 Å². The van der Waals surface area contributed by atoms with E-state index in [1.807, 2.05) is 30.3 Å². The molecule has 2 rings (SSSR count). The molecular formula is C17H15NO5. The summed E-state index contributed by atoms with van der Waals surface area (Å²) < 4.78 is 5.19. The molecule has 0 bridgehead atoms. The molecule has 2 aromatic carbocycles. The summed E-state index contributed by atoms with van der Waals surface area (Å²) in [6, 6.07) is 14.4.